The minimum Gasteiger partial charge on any atom is -0.493 e. The van der Waals surface area contributed by atoms with Crippen LogP contribution in [-0.2, 0) is 19.9 Å². The Labute approximate surface area is 165 Å². The molecule has 0 amide bonds. The summed E-state index contributed by atoms with van der Waals surface area (Å²) in [6, 6.07) is 13.3. The van der Waals surface area contributed by atoms with Crippen molar-refractivity contribution in [1.29, 1.82) is 0 Å². The molecule has 0 aliphatic carbocycles. The second-order valence-corrected chi connectivity index (χ2v) is 10.7. The lowest BCUT2D eigenvalue weighted by Crippen LogP contribution is -2.33. The van der Waals surface area contributed by atoms with Crippen molar-refractivity contribution in [3.63, 3.8) is 0 Å². The Hall–Kier alpha value is -2.10. The van der Waals surface area contributed by atoms with Crippen LogP contribution in [0, 0.1) is 0 Å². The molecule has 0 saturated carbocycles. The SMILES string of the molecule is COc1ccc(S(=O)(=O)N2CC[C@H](c3ccccc3)S(=O)(=O)CC2)cc1OC. The lowest BCUT2D eigenvalue weighted by Gasteiger charge is -2.20. The van der Waals surface area contributed by atoms with E-state index in [1.165, 1.54) is 36.7 Å². The highest BCUT2D eigenvalue weighted by Crippen LogP contribution is 2.33. The number of sulfone groups is 1. The molecule has 0 bridgehead atoms. The van der Waals surface area contributed by atoms with E-state index in [1.54, 1.807) is 24.3 Å². The van der Waals surface area contributed by atoms with Gasteiger partial charge in [0.2, 0.25) is 10.0 Å². The Bertz CT molecular complexity index is 1040. The minimum atomic E-state index is -3.87. The molecule has 7 nitrogen and oxygen atoms in total. The molecule has 9 heteroatoms. The third-order valence-corrected chi connectivity index (χ3v) is 8.88. The number of nitrogens with zero attached hydrogens (tertiary/aromatic N) is 1. The third-order valence-electron chi connectivity index (χ3n) is 4.86. The number of benzene rings is 2. The van der Waals surface area contributed by atoms with E-state index in [2.05, 4.69) is 0 Å². The third kappa shape index (κ3) is 4.01. The molecule has 3 rings (SSSR count). The summed E-state index contributed by atoms with van der Waals surface area (Å²) in [5, 5.41) is -0.709. The fourth-order valence-corrected chi connectivity index (χ4v) is 6.71. The molecule has 0 aromatic heterocycles. The number of sulfonamides is 1. The molecule has 1 aliphatic heterocycles. The number of ether oxygens (including phenoxy) is 2. The Balaban J connectivity index is 1.90. The fraction of sp³-hybridized carbons (Fsp3) is 0.368. The van der Waals surface area contributed by atoms with Crippen LogP contribution in [0.3, 0.4) is 0 Å². The maximum Gasteiger partial charge on any atom is 0.243 e. The summed E-state index contributed by atoms with van der Waals surface area (Å²) < 4.78 is 63.2. The quantitative estimate of drug-likeness (QED) is 0.730. The number of hydrogen-bond donors (Lipinski definition) is 0. The Morgan fingerprint density at radius 3 is 2.29 bits per heavy atom. The van der Waals surface area contributed by atoms with Gasteiger partial charge in [-0.1, -0.05) is 30.3 Å². The van der Waals surface area contributed by atoms with E-state index in [9.17, 15) is 16.8 Å². The first-order valence-corrected chi connectivity index (χ1v) is 11.9. The highest BCUT2D eigenvalue weighted by atomic mass is 32.2. The van der Waals surface area contributed by atoms with Gasteiger partial charge in [0.25, 0.3) is 0 Å². The summed E-state index contributed by atoms with van der Waals surface area (Å²) in [4.78, 5) is 0.0423. The summed E-state index contributed by atoms with van der Waals surface area (Å²) in [5.41, 5.74) is 0.688. The second kappa shape index (κ2) is 8.10. The highest BCUT2D eigenvalue weighted by Gasteiger charge is 2.35. The molecule has 0 spiro atoms. The van der Waals surface area contributed by atoms with E-state index >= 15 is 0 Å². The van der Waals surface area contributed by atoms with Crippen LogP contribution in [0.25, 0.3) is 0 Å². The minimum absolute atomic E-state index is 0.0423. The van der Waals surface area contributed by atoms with Gasteiger partial charge in [0.1, 0.15) is 0 Å². The van der Waals surface area contributed by atoms with Crippen molar-refractivity contribution >= 4 is 19.9 Å². The van der Waals surface area contributed by atoms with Crippen LogP contribution in [-0.4, -0.2) is 54.2 Å². The molecule has 1 aliphatic rings. The molecule has 2 aromatic rings. The molecular weight excluding hydrogens is 402 g/mol. The van der Waals surface area contributed by atoms with E-state index in [1.807, 2.05) is 6.07 Å². The first-order chi connectivity index (χ1) is 13.3. The molecule has 1 fully saturated rings. The largest absolute Gasteiger partial charge is 0.493 e. The molecule has 1 atom stereocenters. The van der Waals surface area contributed by atoms with Gasteiger partial charge in [-0.05, 0) is 24.1 Å². The van der Waals surface area contributed by atoms with Crippen molar-refractivity contribution in [2.45, 2.75) is 16.6 Å². The Kier molecular flexibility index (Phi) is 5.97. The van der Waals surface area contributed by atoms with E-state index < -0.39 is 25.1 Å². The van der Waals surface area contributed by atoms with Crippen LogP contribution in [0.4, 0.5) is 0 Å². The summed E-state index contributed by atoms with van der Waals surface area (Å²) in [5.74, 6) is 0.497. The Morgan fingerprint density at radius 1 is 0.964 bits per heavy atom. The van der Waals surface area contributed by atoms with Crippen molar-refractivity contribution in [1.82, 2.24) is 4.31 Å². The molecule has 1 saturated heterocycles. The Morgan fingerprint density at radius 2 is 1.64 bits per heavy atom. The van der Waals surface area contributed by atoms with Crippen molar-refractivity contribution < 1.29 is 26.3 Å². The standard InChI is InChI=1S/C19H23NO6S2/c1-25-17-9-8-16(14-18(17)26-2)28(23,24)20-11-10-19(27(21,22)13-12-20)15-6-4-3-5-7-15/h3-9,14,19H,10-13H2,1-2H3/t19-/m1/s1. The first kappa shape index (κ1) is 20.6. The van der Waals surface area contributed by atoms with E-state index in [0.29, 0.717) is 17.1 Å². The molecule has 0 radical (unpaired) electrons. The van der Waals surface area contributed by atoms with Gasteiger partial charge in [-0.25, -0.2) is 16.8 Å². The number of rotatable bonds is 5. The molecule has 0 unspecified atom stereocenters. The zero-order valence-electron chi connectivity index (χ0n) is 15.7. The second-order valence-electron chi connectivity index (χ2n) is 6.48. The highest BCUT2D eigenvalue weighted by molar-refractivity contribution is 7.92. The molecular formula is C19H23NO6S2. The maximum atomic E-state index is 13.1. The van der Waals surface area contributed by atoms with Crippen molar-refractivity contribution in [3.05, 3.63) is 54.1 Å². The van der Waals surface area contributed by atoms with Gasteiger partial charge in [-0.2, -0.15) is 4.31 Å². The summed E-state index contributed by atoms with van der Waals surface area (Å²) in [7, 11) is -4.43. The van der Waals surface area contributed by atoms with Crippen LogP contribution in [0.1, 0.15) is 17.2 Å². The summed E-state index contributed by atoms with van der Waals surface area (Å²) in [6.07, 6.45) is 0.207. The average Bonchev–Trinajstić information content (AvgIpc) is 2.86. The van der Waals surface area contributed by atoms with Crippen molar-refractivity contribution in [2.75, 3.05) is 33.1 Å². The molecule has 2 aromatic carbocycles. The first-order valence-electron chi connectivity index (χ1n) is 8.78. The fourth-order valence-electron chi connectivity index (χ4n) is 3.33. The van der Waals surface area contributed by atoms with Gasteiger partial charge in [-0.15, -0.1) is 0 Å². The van der Waals surface area contributed by atoms with Crippen LogP contribution >= 0.6 is 0 Å². The zero-order chi connectivity index (χ0) is 20.4. The molecule has 1 heterocycles. The average molecular weight is 426 g/mol. The van der Waals surface area contributed by atoms with Gasteiger partial charge in [0, 0.05) is 19.2 Å². The van der Waals surface area contributed by atoms with Gasteiger partial charge >= 0.3 is 0 Å². The zero-order valence-corrected chi connectivity index (χ0v) is 17.4. The van der Waals surface area contributed by atoms with Crippen molar-refractivity contribution in [2.24, 2.45) is 0 Å². The number of methoxy groups -OCH3 is 2. The molecule has 28 heavy (non-hydrogen) atoms. The smallest absolute Gasteiger partial charge is 0.243 e. The van der Waals surface area contributed by atoms with E-state index in [4.69, 9.17) is 9.47 Å². The van der Waals surface area contributed by atoms with Gasteiger partial charge in [-0.3, -0.25) is 0 Å². The van der Waals surface area contributed by atoms with Gasteiger partial charge in [0.15, 0.2) is 21.3 Å². The van der Waals surface area contributed by atoms with Gasteiger partial charge in [0.05, 0.1) is 30.1 Å². The van der Waals surface area contributed by atoms with Crippen LogP contribution in [0.2, 0.25) is 0 Å². The monoisotopic (exact) mass is 425 g/mol. The molecule has 152 valence electrons. The molecule has 0 N–H and O–H groups in total. The van der Waals surface area contributed by atoms with E-state index in [0.717, 1.165) is 0 Å². The summed E-state index contributed by atoms with van der Waals surface area (Å²) >= 11 is 0. The topological polar surface area (TPSA) is 90.0 Å². The lowest BCUT2D eigenvalue weighted by molar-refractivity contribution is 0.353. The normalized spacial score (nSPS) is 20.3. The van der Waals surface area contributed by atoms with E-state index in [-0.39, 0.29) is 30.2 Å². The van der Waals surface area contributed by atoms with Crippen LogP contribution < -0.4 is 9.47 Å². The summed E-state index contributed by atoms with van der Waals surface area (Å²) in [6.45, 7) is 0.0395. The lowest BCUT2D eigenvalue weighted by atomic mass is 10.1. The van der Waals surface area contributed by atoms with Crippen LogP contribution in [0.15, 0.2) is 53.4 Å². The van der Waals surface area contributed by atoms with Crippen molar-refractivity contribution in [3.8, 4) is 11.5 Å². The van der Waals surface area contributed by atoms with Gasteiger partial charge < -0.3 is 9.47 Å². The number of hydrogen-bond acceptors (Lipinski definition) is 6. The maximum absolute atomic E-state index is 13.1. The predicted octanol–water partition coefficient (Wildman–Crippen LogP) is 2.25. The predicted molar refractivity (Wildman–Crippen MR) is 106 cm³/mol. The van der Waals surface area contributed by atoms with Crippen LogP contribution in [0.5, 0.6) is 11.5 Å².